The van der Waals surface area contributed by atoms with Gasteiger partial charge in [0.05, 0.1) is 11.6 Å². The Kier molecular flexibility index (Phi) is 2.11. The molecule has 2 N–H and O–H groups in total. The summed E-state index contributed by atoms with van der Waals surface area (Å²) in [6, 6.07) is 6.14. The Morgan fingerprint density at radius 2 is 2.21 bits per heavy atom. The van der Waals surface area contributed by atoms with Gasteiger partial charge in [0.25, 0.3) is 0 Å². The van der Waals surface area contributed by atoms with E-state index in [1.807, 2.05) is 0 Å². The first-order chi connectivity index (χ1) is 6.68. The van der Waals surface area contributed by atoms with E-state index in [1.165, 1.54) is 6.07 Å². The number of carboxylic acids is 1. The summed E-state index contributed by atoms with van der Waals surface area (Å²) in [5.74, 6) is -1.53. The number of anilines is 1. The highest BCUT2D eigenvalue weighted by Gasteiger charge is 2.43. The lowest BCUT2D eigenvalue weighted by Gasteiger charge is -2.05. The van der Waals surface area contributed by atoms with Crippen LogP contribution in [0.25, 0.3) is 0 Å². The molecule has 0 aromatic heterocycles. The summed E-state index contributed by atoms with van der Waals surface area (Å²) in [5, 5.41) is 11.5. The molecule has 0 radical (unpaired) electrons. The van der Waals surface area contributed by atoms with Gasteiger partial charge >= 0.3 is 5.97 Å². The van der Waals surface area contributed by atoms with E-state index >= 15 is 0 Å². The summed E-state index contributed by atoms with van der Waals surface area (Å²) in [6.07, 6.45) is 0.573. The number of nitrogens with one attached hydrogen (secondary N) is 1. The standard InChI is InChI=1S/C10H10FNO2/c11-7-3-1-2-4-8(7)12-9-5-6(9)10(13)14/h1-4,6,9,12H,5H2,(H,13,14). The van der Waals surface area contributed by atoms with E-state index in [9.17, 15) is 9.18 Å². The quantitative estimate of drug-likeness (QED) is 0.771. The fourth-order valence-corrected chi connectivity index (χ4v) is 1.41. The number of aliphatic carboxylic acids is 1. The van der Waals surface area contributed by atoms with Crippen molar-refractivity contribution in [3.63, 3.8) is 0 Å². The summed E-state index contributed by atoms with van der Waals surface area (Å²) in [5.41, 5.74) is 0.376. The number of hydrogen-bond acceptors (Lipinski definition) is 2. The van der Waals surface area contributed by atoms with Crippen molar-refractivity contribution in [2.24, 2.45) is 5.92 Å². The molecule has 1 fully saturated rings. The predicted octanol–water partition coefficient (Wildman–Crippen LogP) is 1.71. The highest BCUT2D eigenvalue weighted by molar-refractivity contribution is 5.75. The fraction of sp³-hybridized carbons (Fsp3) is 0.300. The van der Waals surface area contributed by atoms with E-state index in [2.05, 4.69) is 5.32 Å². The van der Waals surface area contributed by atoms with Crippen molar-refractivity contribution in [3.8, 4) is 0 Å². The van der Waals surface area contributed by atoms with Crippen molar-refractivity contribution in [2.45, 2.75) is 12.5 Å². The van der Waals surface area contributed by atoms with E-state index in [0.29, 0.717) is 12.1 Å². The minimum atomic E-state index is -0.821. The van der Waals surface area contributed by atoms with Gasteiger partial charge in [-0.2, -0.15) is 0 Å². The monoisotopic (exact) mass is 195 g/mol. The van der Waals surface area contributed by atoms with E-state index in [-0.39, 0.29) is 17.8 Å². The van der Waals surface area contributed by atoms with Crippen LogP contribution in [0.5, 0.6) is 0 Å². The van der Waals surface area contributed by atoms with Crippen molar-refractivity contribution in [3.05, 3.63) is 30.1 Å². The minimum absolute atomic E-state index is 0.121. The Labute approximate surface area is 80.6 Å². The second kappa shape index (κ2) is 3.29. The molecule has 3 nitrogen and oxygen atoms in total. The van der Waals surface area contributed by atoms with Gasteiger partial charge in [-0.3, -0.25) is 4.79 Å². The predicted molar refractivity (Wildman–Crippen MR) is 49.6 cm³/mol. The molecule has 0 saturated heterocycles. The third-order valence-corrected chi connectivity index (χ3v) is 2.32. The molecule has 1 aromatic rings. The zero-order valence-corrected chi connectivity index (χ0v) is 7.40. The van der Waals surface area contributed by atoms with Crippen LogP contribution >= 0.6 is 0 Å². The number of carboxylic acid groups (broad SMARTS) is 1. The number of benzene rings is 1. The van der Waals surface area contributed by atoms with Gasteiger partial charge in [0, 0.05) is 6.04 Å². The van der Waals surface area contributed by atoms with Crippen molar-refractivity contribution in [1.29, 1.82) is 0 Å². The van der Waals surface area contributed by atoms with Crippen LogP contribution in [0.2, 0.25) is 0 Å². The van der Waals surface area contributed by atoms with Gasteiger partial charge in [-0.15, -0.1) is 0 Å². The van der Waals surface area contributed by atoms with Gasteiger partial charge < -0.3 is 10.4 Å². The molecule has 0 heterocycles. The zero-order chi connectivity index (χ0) is 10.1. The third kappa shape index (κ3) is 1.69. The maximum Gasteiger partial charge on any atom is 0.308 e. The summed E-state index contributed by atoms with van der Waals surface area (Å²) < 4.78 is 13.1. The molecular formula is C10H10FNO2. The number of para-hydroxylation sites is 1. The molecule has 4 heteroatoms. The smallest absolute Gasteiger partial charge is 0.308 e. The van der Waals surface area contributed by atoms with Crippen molar-refractivity contribution < 1.29 is 14.3 Å². The summed E-state index contributed by atoms with van der Waals surface area (Å²) in [7, 11) is 0. The molecule has 2 atom stereocenters. The van der Waals surface area contributed by atoms with Crippen LogP contribution in [-0.2, 0) is 4.79 Å². The van der Waals surface area contributed by atoms with Crippen LogP contribution in [0, 0.1) is 11.7 Å². The largest absolute Gasteiger partial charge is 0.481 e. The SMILES string of the molecule is O=C(O)C1CC1Nc1ccccc1F. The maximum atomic E-state index is 13.1. The summed E-state index contributed by atoms with van der Waals surface area (Å²) in [4.78, 5) is 10.5. The summed E-state index contributed by atoms with van der Waals surface area (Å²) in [6.45, 7) is 0. The third-order valence-electron chi connectivity index (χ3n) is 2.32. The topological polar surface area (TPSA) is 49.3 Å². The minimum Gasteiger partial charge on any atom is -0.481 e. The first-order valence-electron chi connectivity index (χ1n) is 4.42. The van der Waals surface area contributed by atoms with Crippen LogP contribution < -0.4 is 5.32 Å². The normalized spacial score (nSPS) is 24.4. The van der Waals surface area contributed by atoms with E-state index in [0.717, 1.165) is 0 Å². The lowest BCUT2D eigenvalue weighted by Crippen LogP contribution is -2.10. The molecule has 14 heavy (non-hydrogen) atoms. The number of rotatable bonds is 3. The van der Waals surface area contributed by atoms with Crippen LogP contribution in [0.4, 0.5) is 10.1 Å². The highest BCUT2D eigenvalue weighted by atomic mass is 19.1. The molecule has 1 aromatic carbocycles. The molecule has 0 amide bonds. The lowest BCUT2D eigenvalue weighted by atomic mass is 10.3. The van der Waals surface area contributed by atoms with Gasteiger partial charge in [0.1, 0.15) is 5.82 Å². The van der Waals surface area contributed by atoms with Gasteiger partial charge in [-0.1, -0.05) is 12.1 Å². The fourth-order valence-electron chi connectivity index (χ4n) is 1.41. The van der Waals surface area contributed by atoms with E-state index in [1.54, 1.807) is 18.2 Å². The Balaban J connectivity index is 2.00. The second-order valence-corrected chi connectivity index (χ2v) is 3.41. The first-order valence-corrected chi connectivity index (χ1v) is 4.42. The zero-order valence-electron chi connectivity index (χ0n) is 7.40. The maximum absolute atomic E-state index is 13.1. The molecule has 1 saturated carbocycles. The molecule has 2 unspecified atom stereocenters. The second-order valence-electron chi connectivity index (χ2n) is 3.41. The molecule has 0 bridgehead atoms. The number of halogens is 1. The molecule has 0 aliphatic heterocycles. The number of hydrogen-bond donors (Lipinski definition) is 2. The number of carbonyl (C=O) groups is 1. The van der Waals surface area contributed by atoms with Gasteiger partial charge in [-0.25, -0.2) is 4.39 Å². The van der Waals surface area contributed by atoms with Gasteiger partial charge in [0.15, 0.2) is 0 Å². The first kappa shape index (κ1) is 8.99. The average Bonchev–Trinajstić information content (AvgIpc) is 2.88. The lowest BCUT2D eigenvalue weighted by molar-refractivity contribution is -0.138. The Hall–Kier alpha value is -1.58. The van der Waals surface area contributed by atoms with Crippen LogP contribution in [0.1, 0.15) is 6.42 Å². The molecule has 1 aliphatic rings. The van der Waals surface area contributed by atoms with E-state index in [4.69, 9.17) is 5.11 Å². The van der Waals surface area contributed by atoms with Crippen LogP contribution in [-0.4, -0.2) is 17.1 Å². The van der Waals surface area contributed by atoms with Crippen molar-refractivity contribution >= 4 is 11.7 Å². The van der Waals surface area contributed by atoms with Crippen LogP contribution in [0.15, 0.2) is 24.3 Å². The molecular weight excluding hydrogens is 185 g/mol. The van der Waals surface area contributed by atoms with Crippen molar-refractivity contribution in [1.82, 2.24) is 0 Å². The Morgan fingerprint density at radius 3 is 2.79 bits per heavy atom. The Morgan fingerprint density at radius 1 is 1.50 bits per heavy atom. The van der Waals surface area contributed by atoms with Gasteiger partial charge in [-0.05, 0) is 18.6 Å². The molecule has 0 spiro atoms. The highest BCUT2D eigenvalue weighted by Crippen LogP contribution is 2.34. The van der Waals surface area contributed by atoms with Crippen LogP contribution in [0.3, 0.4) is 0 Å². The van der Waals surface area contributed by atoms with Gasteiger partial charge in [0.2, 0.25) is 0 Å². The summed E-state index contributed by atoms with van der Waals surface area (Å²) >= 11 is 0. The molecule has 1 aliphatic carbocycles. The van der Waals surface area contributed by atoms with Crippen molar-refractivity contribution in [2.75, 3.05) is 5.32 Å². The van der Waals surface area contributed by atoms with E-state index < -0.39 is 5.97 Å². The molecule has 2 rings (SSSR count). The average molecular weight is 195 g/mol. The molecule has 74 valence electrons. The Bertz CT molecular complexity index is 367.